The number of nitrogens with zero attached hydrogens (tertiary/aromatic N) is 3. The Balaban J connectivity index is 1.60. The molecule has 3 aliphatic heterocycles. The molecule has 0 aliphatic carbocycles. The van der Waals surface area contributed by atoms with Gasteiger partial charge in [0.2, 0.25) is 0 Å². The molecule has 2 saturated heterocycles. The fraction of sp³-hybridized carbons (Fsp3) is 0.381. The van der Waals surface area contributed by atoms with Gasteiger partial charge in [-0.3, -0.25) is 4.90 Å². The van der Waals surface area contributed by atoms with Gasteiger partial charge in [0.25, 0.3) is 0 Å². The average Bonchev–Trinajstić information content (AvgIpc) is 3.03. The SMILES string of the molecule is Cc1ccc2c(c1)N=C(N1CCN3CCCC3C1)c1ccccc1O2. The monoisotopic (exact) mass is 333 g/mol. The molecule has 4 heteroatoms. The predicted molar refractivity (Wildman–Crippen MR) is 100 cm³/mol. The number of hydrogen-bond acceptors (Lipinski definition) is 4. The van der Waals surface area contributed by atoms with Crippen LogP contribution in [0.5, 0.6) is 11.5 Å². The van der Waals surface area contributed by atoms with Crippen LogP contribution in [0.3, 0.4) is 0 Å². The van der Waals surface area contributed by atoms with E-state index in [0.29, 0.717) is 6.04 Å². The van der Waals surface area contributed by atoms with E-state index in [4.69, 9.17) is 9.73 Å². The normalized spacial score (nSPS) is 22.4. The summed E-state index contributed by atoms with van der Waals surface area (Å²) >= 11 is 0. The van der Waals surface area contributed by atoms with E-state index in [-0.39, 0.29) is 0 Å². The van der Waals surface area contributed by atoms with Crippen molar-refractivity contribution < 1.29 is 4.74 Å². The highest BCUT2D eigenvalue weighted by atomic mass is 16.5. The molecule has 2 aromatic rings. The number of hydrogen-bond donors (Lipinski definition) is 0. The third kappa shape index (κ3) is 2.61. The molecule has 0 aromatic heterocycles. The third-order valence-electron chi connectivity index (χ3n) is 5.58. The van der Waals surface area contributed by atoms with Gasteiger partial charge in [-0.2, -0.15) is 0 Å². The first kappa shape index (κ1) is 15.0. The van der Waals surface area contributed by atoms with Crippen LogP contribution < -0.4 is 4.74 Å². The van der Waals surface area contributed by atoms with Gasteiger partial charge in [0, 0.05) is 25.7 Å². The molecular formula is C21H23N3O. The summed E-state index contributed by atoms with van der Waals surface area (Å²) in [4.78, 5) is 10.2. The Kier molecular flexibility index (Phi) is 3.52. The second kappa shape index (κ2) is 5.88. The van der Waals surface area contributed by atoms with Crippen molar-refractivity contribution in [2.45, 2.75) is 25.8 Å². The summed E-state index contributed by atoms with van der Waals surface area (Å²) in [5.74, 6) is 2.80. The zero-order chi connectivity index (χ0) is 16.8. The van der Waals surface area contributed by atoms with Crippen LogP contribution in [0, 0.1) is 6.92 Å². The maximum Gasteiger partial charge on any atom is 0.153 e. The van der Waals surface area contributed by atoms with Gasteiger partial charge in [0.15, 0.2) is 5.75 Å². The Labute approximate surface area is 148 Å². The molecule has 5 rings (SSSR count). The molecule has 0 radical (unpaired) electrons. The summed E-state index contributed by atoms with van der Waals surface area (Å²) in [5.41, 5.74) is 3.24. The van der Waals surface area contributed by atoms with Crippen LogP contribution >= 0.6 is 0 Å². The topological polar surface area (TPSA) is 28.1 Å². The van der Waals surface area contributed by atoms with Gasteiger partial charge in [0.05, 0.1) is 5.56 Å². The average molecular weight is 333 g/mol. The molecule has 128 valence electrons. The van der Waals surface area contributed by atoms with E-state index in [1.54, 1.807) is 0 Å². The summed E-state index contributed by atoms with van der Waals surface area (Å²) in [5, 5.41) is 0. The van der Waals surface area contributed by atoms with Gasteiger partial charge in [-0.1, -0.05) is 18.2 Å². The van der Waals surface area contributed by atoms with Crippen molar-refractivity contribution in [3.63, 3.8) is 0 Å². The van der Waals surface area contributed by atoms with E-state index in [9.17, 15) is 0 Å². The number of benzene rings is 2. The molecule has 4 nitrogen and oxygen atoms in total. The van der Waals surface area contributed by atoms with Crippen molar-refractivity contribution in [1.29, 1.82) is 0 Å². The largest absolute Gasteiger partial charge is 0.454 e. The Hall–Kier alpha value is -2.33. The Morgan fingerprint density at radius 1 is 1.04 bits per heavy atom. The Bertz CT molecular complexity index is 845. The summed E-state index contributed by atoms with van der Waals surface area (Å²) in [6.45, 7) is 6.59. The van der Waals surface area contributed by atoms with E-state index >= 15 is 0 Å². The zero-order valence-corrected chi connectivity index (χ0v) is 14.6. The molecule has 3 heterocycles. The fourth-order valence-corrected chi connectivity index (χ4v) is 4.26. The molecule has 1 atom stereocenters. The fourth-order valence-electron chi connectivity index (χ4n) is 4.26. The van der Waals surface area contributed by atoms with Gasteiger partial charge in [-0.25, -0.2) is 4.99 Å². The van der Waals surface area contributed by atoms with Crippen molar-refractivity contribution in [2.24, 2.45) is 4.99 Å². The highest BCUT2D eigenvalue weighted by Crippen LogP contribution is 2.39. The number of ether oxygens (including phenoxy) is 1. The van der Waals surface area contributed by atoms with E-state index in [2.05, 4.69) is 41.0 Å². The first-order chi connectivity index (χ1) is 12.3. The summed E-state index contributed by atoms with van der Waals surface area (Å²) < 4.78 is 6.21. The summed E-state index contributed by atoms with van der Waals surface area (Å²) in [6.07, 6.45) is 2.63. The van der Waals surface area contributed by atoms with Crippen molar-refractivity contribution in [3.8, 4) is 11.5 Å². The van der Waals surface area contributed by atoms with Crippen LogP contribution in [-0.4, -0.2) is 47.9 Å². The maximum atomic E-state index is 6.21. The Morgan fingerprint density at radius 2 is 1.96 bits per heavy atom. The standard InChI is InChI=1S/C21H23N3O/c1-15-8-9-20-18(13-15)22-21(17-6-2-3-7-19(17)25-20)24-12-11-23-10-4-5-16(23)14-24/h2-3,6-9,13,16H,4-5,10-12,14H2,1H3. The molecule has 1 unspecified atom stereocenters. The molecule has 0 bridgehead atoms. The number of rotatable bonds is 0. The van der Waals surface area contributed by atoms with E-state index < -0.39 is 0 Å². The van der Waals surface area contributed by atoms with Crippen LogP contribution in [0.15, 0.2) is 47.5 Å². The van der Waals surface area contributed by atoms with Gasteiger partial charge in [-0.05, 0) is 56.1 Å². The number of aliphatic imine (C=N–C) groups is 1. The van der Waals surface area contributed by atoms with Gasteiger partial charge in [0.1, 0.15) is 17.3 Å². The first-order valence-corrected chi connectivity index (χ1v) is 9.23. The molecule has 2 aromatic carbocycles. The Morgan fingerprint density at radius 3 is 2.92 bits per heavy atom. The predicted octanol–water partition coefficient (Wildman–Crippen LogP) is 3.96. The molecule has 0 amide bonds. The highest BCUT2D eigenvalue weighted by Gasteiger charge is 2.33. The van der Waals surface area contributed by atoms with E-state index in [1.165, 1.54) is 24.9 Å². The van der Waals surface area contributed by atoms with Crippen molar-refractivity contribution in [2.75, 3.05) is 26.2 Å². The lowest BCUT2D eigenvalue weighted by Crippen LogP contribution is -2.52. The molecule has 3 aliphatic rings. The number of fused-ring (bicyclic) bond motifs is 3. The van der Waals surface area contributed by atoms with Gasteiger partial charge >= 0.3 is 0 Å². The second-order valence-corrected chi connectivity index (χ2v) is 7.28. The lowest BCUT2D eigenvalue weighted by Gasteiger charge is -2.39. The number of amidine groups is 1. The van der Waals surface area contributed by atoms with Gasteiger partial charge in [-0.15, -0.1) is 0 Å². The molecule has 25 heavy (non-hydrogen) atoms. The summed E-state index contributed by atoms with van der Waals surface area (Å²) in [6, 6.07) is 15.2. The number of para-hydroxylation sites is 1. The molecule has 0 spiro atoms. The molecular weight excluding hydrogens is 310 g/mol. The number of piperazine rings is 1. The summed E-state index contributed by atoms with van der Waals surface area (Å²) in [7, 11) is 0. The van der Waals surface area contributed by atoms with Crippen molar-refractivity contribution in [1.82, 2.24) is 9.80 Å². The van der Waals surface area contributed by atoms with Crippen LogP contribution in [0.1, 0.15) is 24.0 Å². The quantitative estimate of drug-likeness (QED) is 0.730. The second-order valence-electron chi connectivity index (χ2n) is 7.28. The van der Waals surface area contributed by atoms with Crippen LogP contribution in [0.25, 0.3) is 0 Å². The molecule has 0 saturated carbocycles. The minimum absolute atomic E-state index is 0.671. The van der Waals surface area contributed by atoms with E-state index in [1.807, 2.05) is 18.2 Å². The first-order valence-electron chi connectivity index (χ1n) is 9.23. The minimum Gasteiger partial charge on any atom is -0.454 e. The third-order valence-corrected chi connectivity index (χ3v) is 5.58. The van der Waals surface area contributed by atoms with Crippen molar-refractivity contribution in [3.05, 3.63) is 53.6 Å². The van der Waals surface area contributed by atoms with Gasteiger partial charge < -0.3 is 9.64 Å². The molecule has 0 N–H and O–H groups in total. The lowest BCUT2D eigenvalue weighted by atomic mass is 10.1. The van der Waals surface area contributed by atoms with E-state index in [0.717, 1.165) is 48.2 Å². The maximum absolute atomic E-state index is 6.21. The smallest absolute Gasteiger partial charge is 0.153 e. The zero-order valence-electron chi connectivity index (χ0n) is 14.6. The minimum atomic E-state index is 0.671. The number of aryl methyl sites for hydroxylation is 1. The lowest BCUT2D eigenvalue weighted by molar-refractivity contribution is 0.152. The van der Waals surface area contributed by atoms with Crippen molar-refractivity contribution >= 4 is 11.5 Å². The molecule has 2 fully saturated rings. The van der Waals surface area contributed by atoms with Crippen LogP contribution in [0.4, 0.5) is 5.69 Å². The van der Waals surface area contributed by atoms with Crippen LogP contribution in [-0.2, 0) is 0 Å². The van der Waals surface area contributed by atoms with Crippen LogP contribution in [0.2, 0.25) is 0 Å². The highest BCUT2D eigenvalue weighted by molar-refractivity contribution is 6.03.